The molecule has 4 aromatic carbocycles. The van der Waals surface area contributed by atoms with E-state index in [4.69, 9.17) is 0 Å². The molecule has 156 valence electrons. The topological polar surface area (TPSA) is 12.0 Å². The van der Waals surface area contributed by atoms with Crippen LogP contribution in [-0.2, 0) is 10.8 Å². The van der Waals surface area contributed by atoms with Crippen LogP contribution in [0.15, 0.2) is 84.9 Å². The Hall–Kier alpha value is -3.06. The van der Waals surface area contributed by atoms with Crippen LogP contribution in [-0.4, -0.2) is 0 Å². The number of rotatable bonds is 3. The molecule has 5 rings (SSSR count). The molecule has 0 bridgehead atoms. The van der Waals surface area contributed by atoms with Crippen LogP contribution in [0.2, 0.25) is 0 Å². The van der Waals surface area contributed by atoms with Gasteiger partial charge in [0.15, 0.2) is 0 Å². The summed E-state index contributed by atoms with van der Waals surface area (Å²) in [6.07, 6.45) is 2.47. The molecule has 0 heterocycles. The van der Waals surface area contributed by atoms with Gasteiger partial charge in [0, 0.05) is 11.4 Å². The van der Waals surface area contributed by atoms with Crippen molar-refractivity contribution in [2.75, 3.05) is 5.32 Å². The van der Waals surface area contributed by atoms with Gasteiger partial charge in [-0.3, -0.25) is 0 Å². The lowest BCUT2D eigenvalue weighted by Gasteiger charge is -2.42. The summed E-state index contributed by atoms with van der Waals surface area (Å²) in [5, 5.41) is 6.22. The van der Waals surface area contributed by atoms with E-state index in [0.717, 1.165) is 5.69 Å². The Balaban J connectivity index is 1.47. The molecule has 1 nitrogen and oxygen atoms in total. The first-order chi connectivity index (χ1) is 14.8. The van der Waals surface area contributed by atoms with Gasteiger partial charge >= 0.3 is 0 Å². The van der Waals surface area contributed by atoms with E-state index in [9.17, 15) is 0 Å². The largest absolute Gasteiger partial charge is 0.356 e. The van der Waals surface area contributed by atoms with Crippen LogP contribution < -0.4 is 5.32 Å². The van der Waals surface area contributed by atoms with Gasteiger partial charge < -0.3 is 5.32 Å². The van der Waals surface area contributed by atoms with E-state index in [1.54, 1.807) is 0 Å². The zero-order valence-electron chi connectivity index (χ0n) is 19.0. The standard InChI is InChI=1S/C30H31N/c1-29(2)16-17-30(3,4)28-20-26(14-15-27(28)29)31-25-11-7-10-23(19-25)24-13-12-21-8-5-6-9-22(21)18-24/h5-15,18-20,31H,16-17H2,1-4H3. The van der Waals surface area contributed by atoms with Gasteiger partial charge in [-0.15, -0.1) is 0 Å². The van der Waals surface area contributed by atoms with E-state index in [1.165, 1.54) is 51.6 Å². The van der Waals surface area contributed by atoms with Crippen molar-refractivity contribution in [1.82, 2.24) is 0 Å². The lowest BCUT2D eigenvalue weighted by Crippen LogP contribution is -2.33. The zero-order valence-corrected chi connectivity index (χ0v) is 19.0. The fourth-order valence-electron chi connectivity index (χ4n) is 4.98. The second-order valence-electron chi connectivity index (χ2n) is 10.3. The molecule has 1 aliphatic rings. The minimum absolute atomic E-state index is 0.218. The van der Waals surface area contributed by atoms with Crippen LogP contribution in [0.4, 0.5) is 11.4 Å². The van der Waals surface area contributed by atoms with E-state index in [0.29, 0.717) is 0 Å². The van der Waals surface area contributed by atoms with Gasteiger partial charge in [-0.05, 0) is 87.0 Å². The van der Waals surface area contributed by atoms with Gasteiger partial charge in [-0.1, -0.05) is 82.3 Å². The van der Waals surface area contributed by atoms with E-state index < -0.39 is 0 Å². The van der Waals surface area contributed by atoms with E-state index in [2.05, 4.69) is 118 Å². The fourth-order valence-corrected chi connectivity index (χ4v) is 4.98. The number of nitrogens with one attached hydrogen (secondary N) is 1. The highest BCUT2D eigenvalue weighted by molar-refractivity contribution is 5.87. The van der Waals surface area contributed by atoms with Crippen LogP contribution in [0, 0.1) is 0 Å². The van der Waals surface area contributed by atoms with Gasteiger partial charge in [0.05, 0.1) is 0 Å². The molecule has 1 aliphatic carbocycles. The van der Waals surface area contributed by atoms with Crippen LogP contribution in [0.3, 0.4) is 0 Å². The fraction of sp³-hybridized carbons (Fsp3) is 0.267. The van der Waals surface area contributed by atoms with Gasteiger partial charge in [-0.25, -0.2) is 0 Å². The van der Waals surface area contributed by atoms with Gasteiger partial charge in [0.25, 0.3) is 0 Å². The summed E-state index contributed by atoms with van der Waals surface area (Å²) in [5.41, 5.74) is 8.22. The molecule has 0 radical (unpaired) electrons. The van der Waals surface area contributed by atoms with Crippen molar-refractivity contribution in [3.63, 3.8) is 0 Å². The molecule has 0 atom stereocenters. The maximum absolute atomic E-state index is 3.67. The summed E-state index contributed by atoms with van der Waals surface area (Å²) in [6, 6.07) is 30.9. The maximum Gasteiger partial charge on any atom is 0.0390 e. The molecule has 0 saturated carbocycles. The smallest absolute Gasteiger partial charge is 0.0390 e. The third kappa shape index (κ3) is 3.74. The third-order valence-electron chi connectivity index (χ3n) is 7.09. The predicted molar refractivity (Wildman–Crippen MR) is 134 cm³/mol. The summed E-state index contributed by atoms with van der Waals surface area (Å²) in [7, 11) is 0. The molecule has 0 aliphatic heterocycles. The number of benzene rings is 4. The number of hydrogen-bond donors (Lipinski definition) is 1. The molecule has 4 aromatic rings. The average Bonchev–Trinajstić information content (AvgIpc) is 2.77. The molecule has 1 heteroatoms. The monoisotopic (exact) mass is 405 g/mol. The van der Waals surface area contributed by atoms with Crippen molar-refractivity contribution in [3.8, 4) is 11.1 Å². The van der Waals surface area contributed by atoms with Crippen LogP contribution in [0.5, 0.6) is 0 Å². The SMILES string of the molecule is CC1(C)CCC(C)(C)c2cc(Nc3cccc(-c4ccc5ccccc5c4)c3)ccc21. The highest BCUT2D eigenvalue weighted by Crippen LogP contribution is 2.46. The Morgan fingerprint density at radius 3 is 2.03 bits per heavy atom. The molecular weight excluding hydrogens is 374 g/mol. The molecule has 0 amide bonds. The molecule has 0 spiro atoms. The lowest BCUT2D eigenvalue weighted by molar-refractivity contribution is 0.332. The second-order valence-corrected chi connectivity index (χ2v) is 10.3. The van der Waals surface area contributed by atoms with Crippen LogP contribution >= 0.6 is 0 Å². The first-order valence-electron chi connectivity index (χ1n) is 11.3. The summed E-state index contributed by atoms with van der Waals surface area (Å²) in [6.45, 7) is 9.51. The summed E-state index contributed by atoms with van der Waals surface area (Å²) in [4.78, 5) is 0. The summed E-state index contributed by atoms with van der Waals surface area (Å²) < 4.78 is 0. The van der Waals surface area contributed by atoms with Gasteiger partial charge in [-0.2, -0.15) is 0 Å². The Kier molecular flexibility index (Phi) is 4.66. The van der Waals surface area contributed by atoms with Crippen molar-refractivity contribution in [2.45, 2.75) is 51.4 Å². The first kappa shape index (κ1) is 19.9. The minimum Gasteiger partial charge on any atom is -0.356 e. The van der Waals surface area contributed by atoms with Crippen molar-refractivity contribution in [2.24, 2.45) is 0 Å². The number of fused-ring (bicyclic) bond motifs is 2. The van der Waals surface area contributed by atoms with Crippen LogP contribution in [0.1, 0.15) is 51.7 Å². The Morgan fingerprint density at radius 2 is 1.23 bits per heavy atom. The lowest BCUT2D eigenvalue weighted by atomic mass is 9.63. The highest BCUT2D eigenvalue weighted by atomic mass is 14.9. The summed E-state index contributed by atoms with van der Waals surface area (Å²) in [5.74, 6) is 0. The van der Waals surface area contributed by atoms with Gasteiger partial charge in [0.1, 0.15) is 0 Å². The van der Waals surface area contributed by atoms with Crippen molar-refractivity contribution in [1.29, 1.82) is 0 Å². The normalized spacial score (nSPS) is 16.6. The second kappa shape index (κ2) is 7.27. The van der Waals surface area contributed by atoms with E-state index in [1.807, 2.05) is 0 Å². The molecule has 0 saturated heterocycles. The molecule has 31 heavy (non-hydrogen) atoms. The molecule has 0 aromatic heterocycles. The first-order valence-corrected chi connectivity index (χ1v) is 11.3. The number of hydrogen-bond acceptors (Lipinski definition) is 1. The van der Waals surface area contributed by atoms with Crippen molar-refractivity contribution >= 4 is 22.1 Å². The van der Waals surface area contributed by atoms with E-state index in [-0.39, 0.29) is 10.8 Å². The predicted octanol–water partition coefficient (Wildman–Crippen LogP) is 8.60. The van der Waals surface area contributed by atoms with Crippen molar-refractivity contribution < 1.29 is 0 Å². The minimum atomic E-state index is 0.218. The van der Waals surface area contributed by atoms with Gasteiger partial charge in [0.2, 0.25) is 0 Å². The van der Waals surface area contributed by atoms with Crippen molar-refractivity contribution in [3.05, 3.63) is 96.1 Å². The zero-order chi connectivity index (χ0) is 21.6. The molecule has 0 fully saturated rings. The number of anilines is 2. The Labute approximate surface area is 186 Å². The third-order valence-corrected chi connectivity index (χ3v) is 7.09. The highest BCUT2D eigenvalue weighted by Gasteiger charge is 2.36. The maximum atomic E-state index is 3.67. The Bertz CT molecular complexity index is 1260. The summed E-state index contributed by atoms with van der Waals surface area (Å²) >= 11 is 0. The molecule has 0 unspecified atom stereocenters. The quantitative estimate of drug-likeness (QED) is 0.360. The Morgan fingerprint density at radius 1 is 0.548 bits per heavy atom. The van der Waals surface area contributed by atoms with E-state index >= 15 is 0 Å². The average molecular weight is 406 g/mol. The molecule has 1 N–H and O–H groups in total. The van der Waals surface area contributed by atoms with Crippen LogP contribution in [0.25, 0.3) is 21.9 Å². The molecular formula is C30H31N.